The van der Waals surface area contributed by atoms with Gasteiger partial charge in [0.25, 0.3) is 0 Å². The smallest absolute Gasteiger partial charge is 0.238 e. The molecule has 0 saturated heterocycles. The Balaban J connectivity index is 1.57. The van der Waals surface area contributed by atoms with Crippen molar-refractivity contribution in [1.82, 2.24) is 10.6 Å². The van der Waals surface area contributed by atoms with Crippen molar-refractivity contribution in [3.05, 3.63) is 24.3 Å². The van der Waals surface area contributed by atoms with Gasteiger partial charge in [0.2, 0.25) is 11.8 Å². The summed E-state index contributed by atoms with van der Waals surface area (Å²) >= 11 is 0. The summed E-state index contributed by atoms with van der Waals surface area (Å²) in [4.78, 5) is 23.1. The second-order valence-corrected chi connectivity index (χ2v) is 5.02. The van der Waals surface area contributed by atoms with Crippen molar-refractivity contribution in [2.45, 2.75) is 12.8 Å². The number of rotatable bonds is 8. The van der Waals surface area contributed by atoms with E-state index in [1.807, 2.05) is 0 Å². The fourth-order valence-corrected chi connectivity index (χ4v) is 1.85. The molecule has 3 N–H and O–H groups in total. The fraction of sp³-hybridized carbons (Fsp3) is 0.467. The lowest BCUT2D eigenvalue weighted by molar-refractivity contribution is -0.122. The summed E-state index contributed by atoms with van der Waals surface area (Å²) in [7, 11) is 1.60. The van der Waals surface area contributed by atoms with E-state index in [-0.39, 0.29) is 24.3 Å². The van der Waals surface area contributed by atoms with Crippen LogP contribution in [-0.2, 0) is 9.59 Å². The Bertz CT molecular complexity index is 483. The number of hydrogen-bond acceptors (Lipinski definition) is 4. The first kappa shape index (κ1) is 15.3. The monoisotopic (exact) mass is 291 g/mol. The molecule has 0 atom stereocenters. The van der Waals surface area contributed by atoms with Crippen LogP contribution >= 0.6 is 0 Å². The number of methoxy groups -OCH3 is 1. The molecule has 1 fully saturated rings. The minimum absolute atomic E-state index is 0.117. The lowest BCUT2D eigenvalue weighted by atomic mass is 10.3. The van der Waals surface area contributed by atoms with Crippen LogP contribution < -0.4 is 20.7 Å². The van der Waals surface area contributed by atoms with E-state index < -0.39 is 0 Å². The number of hydrogen-bond donors (Lipinski definition) is 3. The number of amides is 2. The third kappa shape index (κ3) is 5.43. The van der Waals surface area contributed by atoms with E-state index in [1.165, 1.54) is 0 Å². The Morgan fingerprint density at radius 2 is 1.90 bits per heavy atom. The summed E-state index contributed by atoms with van der Waals surface area (Å²) in [6.07, 6.45) is 2.01. The van der Waals surface area contributed by atoms with Gasteiger partial charge >= 0.3 is 0 Å². The van der Waals surface area contributed by atoms with Crippen LogP contribution in [0.4, 0.5) is 5.69 Å². The number of anilines is 1. The van der Waals surface area contributed by atoms with Gasteiger partial charge in [0, 0.05) is 24.7 Å². The highest BCUT2D eigenvalue weighted by molar-refractivity contribution is 5.92. The minimum Gasteiger partial charge on any atom is -0.497 e. The van der Waals surface area contributed by atoms with Gasteiger partial charge in [0.05, 0.1) is 13.7 Å². The summed E-state index contributed by atoms with van der Waals surface area (Å²) in [5.41, 5.74) is 0.727. The van der Waals surface area contributed by atoms with Gasteiger partial charge in [-0.1, -0.05) is 0 Å². The summed E-state index contributed by atoms with van der Waals surface area (Å²) in [6, 6.07) is 7.14. The Hall–Kier alpha value is -2.08. The highest BCUT2D eigenvalue weighted by Gasteiger charge is 2.28. The van der Waals surface area contributed by atoms with Gasteiger partial charge < -0.3 is 20.7 Å². The second kappa shape index (κ2) is 7.64. The number of benzene rings is 1. The average Bonchev–Trinajstić information content (AvgIpc) is 3.32. The molecule has 0 aliphatic heterocycles. The lowest BCUT2D eigenvalue weighted by Gasteiger charge is -2.08. The van der Waals surface area contributed by atoms with Crippen LogP contribution in [0.15, 0.2) is 24.3 Å². The SMILES string of the molecule is COc1ccc(NC(=O)CNCCNC(=O)C2CC2)cc1. The van der Waals surface area contributed by atoms with Crippen LogP contribution in [0.1, 0.15) is 12.8 Å². The van der Waals surface area contributed by atoms with Crippen LogP contribution in [0.25, 0.3) is 0 Å². The van der Waals surface area contributed by atoms with Crippen LogP contribution in [0.3, 0.4) is 0 Å². The zero-order valence-electron chi connectivity index (χ0n) is 12.1. The molecule has 0 spiro atoms. The molecule has 0 heterocycles. The van der Waals surface area contributed by atoms with E-state index >= 15 is 0 Å². The molecule has 0 aromatic heterocycles. The fourth-order valence-electron chi connectivity index (χ4n) is 1.85. The van der Waals surface area contributed by atoms with Crippen molar-refractivity contribution in [1.29, 1.82) is 0 Å². The van der Waals surface area contributed by atoms with Crippen molar-refractivity contribution < 1.29 is 14.3 Å². The van der Waals surface area contributed by atoms with Gasteiger partial charge in [0.15, 0.2) is 0 Å². The highest BCUT2D eigenvalue weighted by atomic mass is 16.5. The van der Waals surface area contributed by atoms with Crippen molar-refractivity contribution in [2.75, 3.05) is 32.1 Å². The average molecular weight is 291 g/mol. The van der Waals surface area contributed by atoms with Crippen LogP contribution in [0.5, 0.6) is 5.75 Å². The zero-order valence-corrected chi connectivity index (χ0v) is 12.1. The Morgan fingerprint density at radius 3 is 2.52 bits per heavy atom. The molecule has 1 aromatic carbocycles. The molecule has 1 aliphatic rings. The molecule has 1 saturated carbocycles. The first-order chi connectivity index (χ1) is 10.2. The lowest BCUT2D eigenvalue weighted by Crippen LogP contribution is -2.36. The molecule has 0 bridgehead atoms. The molecule has 2 rings (SSSR count). The van der Waals surface area contributed by atoms with Gasteiger partial charge in [-0.25, -0.2) is 0 Å². The Labute approximate surface area is 124 Å². The van der Waals surface area contributed by atoms with E-state index in [9.17, 15) is 9.59 Å². The van der Waals surface area contributed by atoms with Crippen molar-refractivity contribution >= 4 is 17.5 Å². The van der Waals surface area contributed by atoms with E-state index in [2.05, 4.69) is 16.0 Å². The maximum Gasteiger partial charge on any atom is 0.238 e. The number of nitrogens with one attached hydrogen (secondary N) is 3. The molecule has 0 unspecified atom stereocenters. The van der Waals surface area contributed by atoms with Gasteiger partial charge in [-0.2, -0.15) is 0 Å². The van der Waals surface area contributed by atoms with E-state index in [1.54, 1.807) is 31.4 Å². The maximum absolute atomic E-state index is 11.7. The molecule has 114 valence electrons. The summed E-state index contributed by atoms with van der Waals surface area (Å²) in [6.45, 7) is 1.34. The van der Waals surface area contributed by atoms with Crippen LogP contribution in [-0.4, -0.2) is 38.6 Å². The maximum atomic E-state index is 11.7. The normalized spacial score (nSPS) is 13.6. The third-order valence-corrected chi connectivity index (χ3v) is 3.21. The van der Waals surface area contributed by atoms with E-state index in [0.717, 1.165) is 24.3 Å². The quantitative estimate of drug-likeness (QED) is 0.618. The molecule has 21 heavy (non-hydrogen) atoms. The van der Waals surface area contributed by atoms with Crippen LogP contribution in [0, 0.1) is 5.92 Å². The topological polar surface area (TPSA) is 79.5 Å². The van der Waals surface area contributed by atoms with Gasteiger partial charge in [-0.05, 0) is 37.1 Å². The van der Waals surface area contributed by atoms with Crippen LogP contribution in [0.2, 0.25) is 0 Å². The molecular weight excluding hydrogens is 270 g/mol. The Morgan fingerprint density at radius 1 is 1.19 bits per heavy atom. The van der Waals surface area contributed by atoms with Gasteiger partial charge in [-0.3, -0.25) is 9.59 Å². The first-order valence-corrected chi connectivity index (χ1v) is 7.11. The second-order valence-electron chi connectivity index (χ2n) is 5.02. The first-order valence-electron chi connectivity index (χ1n) is 7.11. The zero-order chi connectivity index (χ0) is 15.1. The molecule has 1 aliphatic carbocycles. The standard InChI is InChI=1S/C15H21N3O3/c1-21-13-6-4-12(5-7-13)18-14(19)10-16-8-9-17-15(20)11-2-3-11/h4-7,11,16H,2-3,8-10H2,1H3,(H,17,20)(H,18,19). The predicted molar refractivity (Wildman–Crippen MR) is 80.2 cm³/mol. The number of carbonyl (C=O) groups is 2. The molecule has 6 nitrogen and oxygen atoms in total. The molecule has 6 heteroatoms. The van der Waals surface area contributed by atoms with E-state index in [4.69, 9.17) is 4.74 Å². The highest BCUT2D eigenvalue weighted by Crippen LogP contribution is 2.28. The minimum atomic E-state index is -0.117. The molecule has 0 radical (unpaired) electrons. The summed E-state index contributed by atoms with van der Waals surface area (Å²) in [5, 5.41) is 8.60. The number of carbonyl (C=O) groups excluding carboxylic acids is 2. The largest absolute Gasteiger partial charge is 0.497 e. The molecule has 1 aromatic rings. The van der Waals surface area contributed by atoms with Gasteiger partial charge in [0.1, 0.15) is 5.75 Å². The number of ether oxygens (including phenoxy) is 1. The molecular formula is C15H21N3O3. The van der Waals surface area contributed by atoms with Crippen molar-refractivity contribution in [3.8, 4) is 5.75 Å². The van der Waals surface area contributed by atoms with E-state index in [0.29, 0.717) is 13.1 Å². The van der Waals surface area contributed by atoms with Crippen molar-refractivity contribution in [3.63, 3.8) is 0 Å². The van der Waals surface area contributed by atoms with Gasteiger partial charge in [-0.15, -0.1) is 0 Å². The summed E-state index contributed by atoms with van der Waals surface area (Å²) in [5.74, 6) is 0.981. The van der Waals surface area contributed by atoms with Crippen molar-refractivity contribution in [2.24, 2.45) is 5.92 Å². The predicted octanol–water partition coefficient (Wildman–Crippen LogP) is 0.749. The Kier molecular flexibility index (Phi) is 5.57. The molecule has 2 amide bonds. The third-order valence-electron chi connectivity index (χ3n) is 3.21. The summed E-state index contributed by atoms with van der Waals surface area (Å²) < 4.78 is 5.05.